The molecule has 2 rings (SSSR count). The average molecular weight is 377 g/mol. The lowest BCUT2D eigenvalue weighted by Gasteiger charge is -2.10. The first-order chi connectivity index (χ1) is 12.0. The van der Waals surface area contributed by atoms with E-state index in [9.17, 15) is 9.36 Å². The number of phosphoric acid groups is 1. The van der Waals surface area contributed by atoms with Crippen molar-refractivity contribution in [2.75, 3.05) is 40.1 Å². The maximum Gasteiger partial charge on any atom is 0.471 e. The van der Waals surface area contributed by atoms with Gasteiger partial charge < -0.3 is 19.7 Å². The number of allylic oxidation sites excluding steroid dienone is 2. The molecule has 0 aromatic carbocycles. The second-order valence-corrected chi connectivity index (χ2v) is 7.80. The molecule has 3 unspecified atom stereocenters. The number of carbonyl (C=O) groups is 1. The summed E-state index contributed by atoms with van der Waals surface area (Å²) in [5, 5.41) is 2.62. The summed E-state index contributed by atoms with van der Waals surface area (Å²) in [5.41, 5.74) is 0. The van der Waals surface area contributed by atoms with Gasteiger partial charge in [0.1, 0.15) is 0 Å². The molecular formula is C16H28NO7P. The highest BCUT2D eigenvalue weighted by Crippen LogP contribution is 2.52. The van der Waals surface area contributed by atoms with Gasteiger partial charge in [-0.2, -0.15) is 0 Å². The Labute approximate surface area is 148 Å². The first-order valence-corrected chi connectivity index (χ1v) is 10.2. The number of rotatable bonds is 10. The van der Waals surface area contributed by atoms with Gasteiger partial charge in [0, 0.05) is 13.7 Å². The van der Waals surface area contributed by atoms with Crippen LogP contribution in [0.15, 0.2) is 12.2 Å². The van der Waals surface area contributed by atoms with Gasteiger partial charge >= 0.3 is 13.9 Å². The molecule has 0 saturated heterocycles. The van der Waals surface area contributed by atoms with Gasteiger partial charge in [-0.25, -0.2) is 9.36 Å². The number of nitrogens with one attached hydrogen (secondary N) is 1. The lowest BCUT2D eigenvalue weighted by Crippen LogP contribution is -2.29. The zero-order valence-corrected chi connectivity index (χ0v) is 15.5. The Morgan fingerprint density at radius 2 is 1.88 bits per heavy atom. The van der Waals surface area contributed by atoms with E-state index in [1.807, 2.05) is 0 Å². The number of alkyl carbamates (subject to hydrolysis) is 1. The summed E-state index contributed by atoms with van der Waals surface area (Å²) < 4.78 is 30.3. The van der Waals surface area contributed by atoms with E-state index in [-0.39, 0.29) is 19.8 Å². The van der Waals surface area contributed by atoms with Gasteiger partial charge in [-0.05, 0) is 43.4 Å². The number of ether oxygens (including phenoxy) is 2. The fourth-order valence-corrected chi connectivity index (χ4v) is 3.67. The topological polar surface area (TPSA) is 103 Å². The predicted octanol–water partition coefficient (Wildman–Crippen LogP) is 2.49. The summed E-state index contributed by atoms with van der Waals surface area (Å²) in [6.07, 6.45) is 8.70. The van der Waals surface area contributed by atoms with Crippen molar-refractivity contribution in [1.29, 1.82) is 0 Å². The molecule has 2 aliphatic rings. The molecule has 2 N–H and O–H groups in total. The van der Waals surface area contributed by atoms with Crippen LogP contribution in [-0.4, -0.2) is 51.1 Å². The summed E-state index contributed by atoms with van der Waals surface area (Å²) in [5.74, 6) is 1.92. The third kappa shape index (κ3) is 7.46. The van der Waals surface area contributed by atoms with E-state index in [0.717, 1.165) is 20.0 Å². The fraction of sp³-hybridized carbons (Fsp3) is 0.812. The first kappa shape index (κ1) is 20.4. The van der Waals surface area contributed by atoms with Crippen LogP contribution in [0.25, 0.3) is 0 Å². The molecule has 0 radical (unpaired) electrons. The number of amides is 1. The Morgan fingerprint density at radius 3 is 2.52 bits per heavy atom. The monoisotopic (exact) mass is 377 g/mol. The molecule has 9 heteroatoms. The molecule has 1 fully saturated rings. The Kier molecular flexibility index (Phi) is 8.39. The Bertz CT molecular complexity index is 483. The third-order valence-electron chi connectivity index (χ3n) is 4.64. The maximum atomic E-state index is 11.7. The van der Waals surface area contributed by atoms with Gasteiger partial charge in [0.2, 0.25) is 0 Å². The molecule has 0 spiro atoms. The Hall–Kier alpha value is -0.920. The van der Waals surface area contributed by atoms with Crippen LogP contribution < -0.4 is 5.32 Å². The summed E-state index contributed by atoms with van der Waals surface area (Å²) in [6.45, 7) is 1.12. The third-order valence-corrected chi connectivity index (χ3v) is 5.61. The lowest BCUT2D eigenvalue weighted by atomic mass is 10.1. The van der Waals surface area contributed by atoms with Gasteiger partial charge in [0.15, 0.2) is 0 Å². The average Bonchev–Trinajstić information content (AvgIpc) is 3.21. The van der Waals surface area contributed by atoms with Crippen LogP contribution in [0.4, 0.5) is 4.79 Å². The molecule has 2 aliphatic carbocycles. The fourth-order valence-electron chi connectivity index (χ4n) is 3.26. The van der Waals surface area contributed by atoms with Crippen LogP contribution in [0.2, 0.25) is 0 Å². The van der Waals surface area contributed by atoms with Crippen molar-refractivity contribution >= 4 is 13.9 Å². The number of fused-ring (bicyclic) bond motifs is 1. The molecule has 8 nitrogen and oxygen atoms in total. The normalized spacial score (nSPS) is 28.8. The van der Waals surface area contributed by atoms with Crippen molar-refractivity contribution in [1.82, 2.24) is 5.32 Å². The van der Waals surface area contributed by atoms with Gasteiger partial charge in [-0.3, -0.25) is 9.05 Å². The maximum absolute atomic E-state index is 11.7. The highest BCUT2D eigenvalue weighted by atomic mass is 31.2. The van der Waals surface area contributed by atoms with Crippen molar-refractivity contribution in [2.45, 2.75) is 25.7 Å². The molecule has 0 aromatic heterocycles. The molecular weight excluding hydrogens is 349 g/mol. The second-order valence-electron chi connectivity index (χ2n) is 6.24. The van der Waals surface area contributed by atoms with E-state index >= 15 is 0 Å². The van der Waals surface area contributed by atoms with Crippen molar-refractivity contribution < 1.29 is 32.8 Å². The molecule has 25 heavy (non-hydrogen) atoms. The molecule has 144 valence electrons. The van der Waals surface area contributed by atoms with Crippen LogP contribution in [0, 0.1) is 17.8 Å². The van der Waals surface area contributed by atoms with Gasteiger partial charge in [0.05, 0.1) is 26.4 Å². The van der Waals surface area contributed by atoms with Crippen LogP contribution in [0.5, 0.6) is 0 Å². The zero-order valence-electron chi connectivity index (χ0n) is 14.6. The number of hydrogen-bond donors (Lipinski definition) is 2. The predicted molar refractivity (Wildman–Crippen MR) is 91.0 cm³/mol. The minimum atomic E-state index is -3.95. The number of hydrogen-bond acceptors (Lipinski definition) is 6. The molecule has 0 aliphatic heterocycles. The molecule has 0 aromatic rings. The van der Waals surface area contributed by atoms with E-state index in [1.54, 1.807) is 0 Å². The lowest BCUT2D eigenvalue weighted by molar-refractivity contribution is 0.0807. The number of carbonyl (C=O) groups excluding carboxylic acids is 1. The molecule has 1 amide bonds. The minimum Gasteiger partial charge on any atom is -0.449 e. The van der Waals surface area contributed by atoms with E-state index < -0.39 is 13.9 Å². The Morgan fingerprint density at radius 1 is 1.20 bits per heavy atom. The van der Waals surface area contributed by atoms with E-state index in [2.05, 4.69) is 26.5 Å². The molecule has 1 saturated carbocycles. The van der Waals surface area contributed by atoms with Gasteiger partial charge in [-0.1, -0.05) is 12.2 Å². The molecule has 0 bridgehead atoms. The summed E-state index contributed by atoms with van der Waals surface area (Å²) in [6, 6.07) is 0. The van der Waals surface area contributed by atoms with Crippen LogP contribution in [-0.2, 0) is 23.1 Å². The van der Waals surface area contributed by atoms with Crippen molar-refractivity contribution in [3.63, 3.8) is 0 Å². The zero-order chi connectivity index (χ0) is 18.1. The van der Waals surface area contributed by atoms with Crippen molar-refractivity contribution in [2.24, 2.45) is 17.8 Å². The van der Waals surface area contributed by atoms with Crippen LogP contribution >= 0.6 is 7.82 Å². The number of phosphoric ester groups is 1. The van der Waals surface area contributed by atoms with E-state index in [1.165, 1.54) is 12.8 Å². The molecule has 0 heterocycles. The quantitative estimate of drug-likeness (QED) is 0.342. The minimum absolute atomic E-state index is 0.0641. The summed E-state index contributed by atoms with van der Waals surface area (Å²) in [4.78, 5) is 20.7. The van der Waals surface area contributed by atoms with Crippen molar-refractivity contribution in [3.8, 4) is 0 Å². The largest absolute Gasteiger partial charge is 0.471 e. The van der Waals surface area contributed by atoms with Crippen LogP contribution in [0.3, 0.4) is 0 Å². The Balaban J connectivity index is 1.45. The highest BCUT2D eigenvalue weighted by molar-refractivity contribution is 7.47. The first-order valence-electron chi connectivity index (χ1n) is 8.70. The smallest absolute Gasteiger partial charge is 0.449 e. The van der Waals surface area contributed by atoms with Gasteiger partial charge in [-0.15, -0.1) is 0 Å². The summed E-state index contributed by atoms with van der Waals surface area (Å²) >= 11 is 0. The summed E-state index contributed by atoms with van der Waals surface area (Å²) in [7, 11) is -2.86. The molecule has 3 atom stereocenters. The van der Waals surface area contributed by atoms with E-state index in [4.69, 9.17) is 14.4 Å². The van der Waals surface area contributed by atoms with Crippen LogP contribution in [0.1, 0.15) is 25.7 Å². The van der Waals surface area contributed by atoms with E-state index in [0.29, 0.717) is 30.9 Å². The SMILES string of the molecule is COP(=O)(O)OCCOCCNC(=O)OCC1C2CC/C=C\CCC21. The highest BCUT2D eigenvalue weighted by Gasteiger charge is 2.49. The van der Waals surface area contributed by atoms with Crippen molar-refractivity contribution in [3.05, 3.63) is 12.2 Å². The standard InChI is InChI=1S/C16H28NO7P/c1-21-25(19,20)24-11-10-22-9-8-17-16(18)23-12-15-13-6-4-2-3-5-7-14(13)15/h2-3,13-15H,4-12H2,1H3,(H,17,18)(H,19,20)/b3-2-. The van der Waals surface area contributed by atoms with Gasteiger partial charge in [0.25, 0.3) is 0 Å². The second kappa shape index (κ2) is 10.3.